The first-order valence-corrected chi connectivity index (χ1v) is 12.1. The molecule has 0 bridgehead atoms. The number of carbonyl (C=O) groups excluding carboxylic acids is 3. The van der Waals surface area contributed by atoms with Crippen LogP contribution in [0.1, 0.15) is 58.0 Å². The summed E-state index contributed by atoms with van der Waals surface area (Å²) in [6.45, 7) is 2.24. The largest absolute Gasteiger partial charge is 0.484 e. The molecule has 1 aliphatic carbocycles. The average Bonchev–Trinajstić information content (AvgIpc) is 3.53. The maximum Gasteiger partial charge on any atom is 0.257 e. The molecule has 0 spiro atoms. The van der Waals surface area contributed by atoms with Gasteiger partial charge >= 0.3 is 0 Å². The van der Waals surface area contributed by atoms with Gasteiger partial charge in [-0.3, -0.25) is 14.4 Å². The van der Waals surface area contributed by atoms with Crippen LogP contribution in [0.3, 0.4) is 0 Å². The molecule has 10 heteroatoms. The molecule has 3 aromatic rings. The molecule has 2 N–H and O–H groups in total. The molecule has 2 fully saturated rings. The van der Waals surface area contributed by atoms with Gasteiger partial charge in [0.05, 0.1) is 22.3 Å². The van der Waals surface area contributed by atoms with Gasteiger partial charge < -0.3 is 15.4 Å². The lowest BCUT2D eigenvalue weighted by Gasteiger charge is -2.38. The number of ketones is 1. The lowest BCUT2D eigenvalue weighted by atomic mass is 9.99. The Bertz CT molecular complexity index is 1310. The Morgan fingerprint density at radius 1 is 1.17 bits per heavy atom. The van der Waals surface area contributed by atoms with Crippen molar-refractivity contribution in [2.24, 2.45) is 11.7 Å². The van der Waals surface area contributed by atoms with E-state index in [0.29, 0.717) is 35.7 Å². The second-order valence-electron chi connectivity index (χ2n) is 8.79. The number of nitrogens with zero attached hydrogens (tertiary/aromatic N) is 3. The average molecular weight is 495 g/mol. The van der Waals surface area contributed by atoms with Crippen LogP contribution in [0.15, 0.2) is 42.6 Å². The Labute approximate surface area is 205 Å². The number of ether oxygens (including phenoxy) is 1. The molecule has 1 saturated heterocycles. The maximum atomic E-state index is 14.8. The van der Waals surface area contributed by atoms with Crippen LogP contribution in [-0.2, 0) is 4.79 Å². The number of Topliss-reactive ketones (excluding diaryl/α,β-unsaturated/α-hetero) is 1. The van der Waals surface area contributed by atoms with Crippen molar-refractivity contribution < 1.29 is 23.5 Å². The van der Waals surface area contributed by atoms with E-state index in [9.17, 15) is 18.8 Å². The molecule has 180 valence electrons. The number of hydrogen-bond acceptors (Lipinski definition) is 7. The zero-order chi connectivity index (χ0) is 24.7. The molecule has 0 radical (unpaired) electrons. The summed E-state index contributed by atoms with van der Waals surface area (Å²) in [4.78, 5) is 42.4. The normalized spacial score (nSPS) is 18.0. The first kappa shape index (κ1) is 23.1. The summed E-state index contributed by atoms with van der Waals surface area (Å²) in [6.07, 6.45) is 3.55. The van der Waals surface area contributed by atoms with E-state index in [1.54, 1.807) is 24.4 Å². The monoisotopic (exact) mass is 494 g/mol. The minimum absolute atomic E-state index is 0.0780. The number of primary amides is 1. The van der Waals surface area contributed by atoms with Crippen LogP contribution in [-0.4, -0.2) is 44.4 Å². The summed E-state index contributed by atoms with van der Waals surface area (Å²) in [7, 11) is 0. The van der Waals surface area contributed by atoms with Crippen molar-refractivity contribution in [1.82, 2.24) is 14.3 Å². The summed E-state index contributed by atoms with van der Waals surface area (Å²) >= 11 is 1.23. The van der Waals surface area contributed by atoms with Crippen LogP contribution >= 0.6 is 11.5 Å². The van der Waals surface area contributed by atoms with Gasteiger partial charge in [-0.25, -0.2) is 9.37 Å². The third-order valence-corrected chi connectivity index (χ3v) is 7.23. The van der Waals surface area contributed by atoms with Gasteiger partial charge in [0.25, 0.3) is 5.91 Å². The Kier molecular flexibility index (Phi) is 6.06. The van der Waals surface area contributed by atoms with Crippen molar-refractivity contribution in [1.29, 1.82) is 0 Å². The quantitative estimate of drug-likeness (QED) is 0.477. The Morgan fingerprint density at radius 3 is 2.57 bits per heavy atom. The standard InChI is InChI=1S/C25H23FN4O4S/c1-13(34-16-5-7-19(28-12-16)23(31)14-2-3-14)22-11-20(29-35-22)15-4-6-17(18(26)10-15)25(33)30-9-8-21(30)24(27)32/h4-7,10-14,21H,2-3,8-9H2,1H3,(H2,27,32)/t13-,21+/m1/s1. The molecule has 2 atom stereocenters. The van der Waals surface area contributed by atoms with Gasteiger partial charge in [-0.1, -0.05) is 6.07 Å². The highest BCUT2D eigenvalue weighted by atomic mass is 32.1. The van der Waals surface area contributed by atoms with Crippen LogP contribution in [0.25, 0.3) is 11.3 Å². The lowest BCUT2D eigenvalue weighted by molar-refractivity contribution is -0.125. The topological polar surface area (TPSA) is 115 Å². The van der Waals surface area contributed by atoms with E-state index >= 15 is 0 Å². The molecule has 0 unspecified atom stereocenters. The molecule has 5 rings (SSSR count). The fraction of sp³-hybridized carbons (Fsp3) is 0.320. The van der Waals surface area contributed by atoms with Crippen LogP contribution in [0, 0.1) is 11.7 Å². The maximum absolute atomic E-state index is 14.8. The van der Waals surface area contributed by atoms with Crippen molar-refractivity contribution in [3.05, 3.63) is 64.5 Å². The molecule has 8 nitrogen and oxygen atoms in total. The Morgan fingerprint density at radius 2 is 1.97 bits per heavy atom. The van der Waals surface area contributed by atoms with Gasteiger partial charge in [-0.2, -0.15) is 4.37 Å². The van der Waals surface area contributed by atoms with Crippen molar-refractivity contribution in [3.8, 4) is 17.0 Å². The summed E-state index contributed by atoms with van der Waals surface area (Å²) < 4.78 is 25.1. The number of pyridine rings is 1. The number of benzene rings is 1. The number of carbonyl (C=O) groups is 3. The summed E-state index contributed by atoms with van der Waals surface area (Å²) in [6, 6.07) is 8.82. The minimum Gasteiger partial charge on any atom is -0.484 e. The molecule has 35 heavy (non-hydrogen) atoms. The van der Waals surface area contributed by atoms with E-state index in [2.05, 4.69) is 9.36 Å². The number of amides is 2. The first-order valence-electron chi connectivity index (χ1n) is 11.4. The Balaban J connectivity index is 1.25. The molecule has 1 aliphatic heterocycles. The van der Waals surface area contributed by atoms with Crippen LogP contribution in [0.5, 0.6) is 5.75 Å². The highest BCUT2D eigenvalue weighted by Gasteiger charge is 2.37. The molecular formula is C25H23FN4O4S. The van der Waals surface area contributed by atoms with Crippen molar-refractivity contribution in [2.45, 2.75) is 38.3 Å². The molecule has 1 saturated carbocycles. The van der Waals surface area contributed by atoms with Gasteiger partial charge in [0, 0.05) is 18.0 Å². The van der Waals surface area contributed by atoms with E-state index < -0.39 is 23.7 Å². The van der Waals surface area contributed by atoms with Gasteiger partial charge in [-0.15, -0.1) is 0 Å². The molecule has 2 aliphatic rings. The number of likely N-dealkylation sites (tertiary alicyclic amines) is 1. The molecular weight excluding hydrogens is 471 g/mol. The highest BCUT2D eigenvalue weighted by molar-refractivity contribution is 7.06. The van der Waals surface area contributed by atoms with E-state index in [1.807, 2.05) is 13.0 Å². The first-order chi connectivity index (χ1) is 16.8. The van der Waals surface area contributed by atoms with Gasteiger partial charge in [-0.05, 0) is 68.1 Å². The fourth-order valence-corrected chi connectivity index (χ4v) is 4.68. The van der Waals surface area contributed by atoms with E-state index in [4.69, 9.17) is 10.5 Å². The minimum atomic E-state index is -0.687. The van der Waals surface area contributed by atoms with Crippen molar-refractivity contribution >= 4 is 29.1 Å². The third kappa shape index (κ3) is 4.66. The smallest absolute Gasteiger partial charge is 0.257 e. The number of rotatable bonds is 8. The van der Waals surface area contributed by atoms with Crippen LogP contribution in [0.2, 0.25) is 0 Å². The SMILES string of the molecule is C[C@@H](Oc1ccc(C(=O)C2CC2)nc1)c1cc(-c2ccc(C(=O)N3CC[C@H]3C(N)=O)c(F)c2)ns1. The number of halogens is 1. The summed E-state index contributed by atoms with van der Waals surface area (Å²) in [5, 5.41) is 0. The zero-order valence-corrected chi connectivity index (χ0v) is 19.8. The molecule has 2 amide bonds. The van der Waals surface area contributed by atoms with Crippen molar-refractivity contribution in [2.75, 3.05) is 6.54 Å². The van der Waals surface area contributed by atoms with Crippen molar-refractivity contribution in [3.63, 3.8) is 0 Å². The fourth-order valence-electron chi connectivity index (χ4n) is 3.96. The number of nitrogens with two attached hydrogens (primary N) is 1. The number of hydrogen-bond donors (Lipinski definition) is 1. The van der Waals surface area contributed by atoms with Gasteiger partial charge in [0.15, 0.2) is 5.78 Å². The lowest BCUT2D eigenvalue weighted by Crippen LogP contribution is -2.57. The molecule has 1 aromatic carbocycles. The summed E-state index contributed by atoms with van der Waals surface area (Å²) in [5.41, 5.74) is 6.71. The van der Waals surface area contributed by atoms with Crippen LogP contribution < -0.4 is 10.5 Å². The second kappa shape index (κ2) is 9.18. The predicted octanol–water partition coefficient (Wildman–Crippen LogP) is 3.78. The van der Waals surface area contributed by atoms with Crippen LogP contribution in [0.4, 0.5) is 4.39 Å². The molecule has 2 aromatic heterocycles. The number of aromatic nitrogens is 2. The van der Waals surface area contributed by atoms with E-state index in [0.717, 1.165) is 17.7 Å². The van der Waals surface area contributed by atoms with Gasteiger partial charge in [0.2, 0.25) is 5.91 Å². The third-order valence-electron chi connectivity index (χ3n) is 6.28. The summed E-state index contributed by atoms with van der Waals surface area (Å²) in [5.74, 6) is -1.10. The predicted molar refractivity (Wildman–Crippen MR) is 126 cm³/mol. The highest BCUT2D eigenvalue weighted by Crippen LogP contribution is 2.33. The zero-order valence-electron chi connectivity index (χ0n) is 18.9. The molecule has 3 heterocycles. The second-order valence-corrected chi connectivity index (χ2v) is 9.63. The van der Waals surface area contributed by atoms with E-state index in [1.165, 1.54) is 28.6 Å². The van der Waals surface area contributed by atoms with Gasteiger partial charge in [0.1, 0.15) is 29.4 Å². The Hall–Kier alpha value is -3.66. The van der Waals surface area contributed by atoms with E-state index in [-0.39, 0.29) is 23.4 Å².